The third-order valence-electron chi connectivity index (χ3n) is 14.7. The van der Waals surface area contributed by atoms with Crippen molar-refractivity contribution in [3.63, 3.8) is 0 Å². The van der Waals surface area contributed by atoms with Crippen molar-refractivity contribution < 1.29 is 0 Å². The van der Waals surface area contributed by atoms with Crippen LogP contribution in [0.25, 0.3) is 33.0 Å². The minimum atomic E-state index is -0.0882. The molecule has 0 bridgehead atoms. The van der Waals surface area contributed by atoms with E-state index in [0.717, 1.165) is 0 Å². The second-order valence-electron chi connectivity index (χ2n) is 19.0. The Kier molecular flexibility index (Phi) is 6.02. The first-order valence-corrected chi connectivity index (χ1v) is 20.0. The van der Waals surface area contributed by atoms with Crippen LogP contribution >= 0.6 is 0 Å². The maximum absolute atomic E-state index is 2.87. The standard InChI is InChI=1S/C50H49BN2/c1-30-25-38-37-21-19-31-15-9-10-16-34(31)45(37)53(33-20-22-36-35-17-11-12-18-39(35)48(5,6)40(36)29-33)51-42-28-32(47(2,3)4)27-41-46(42)52(43(26-30)44(38)51)50(8)24-14-13-23-49(41,50)7/h9-12,15-22,25-29H,13-14,23-24H2,1-8H3. The molecule has 2 atom stereocenters. The summed E-state index contributed by atoms with van der Waals surface area (Å²) in [6.45, 7) is 19.6. The van der Waals surface area contributed by atoms with E-state index in [1.807, 2.05) is 0 Å². The van der Waals surface area contributed by atoms with Crippen LogP contribution in [0, 0.1) is 6.92 Å². The van der Waals surface area contributed by atoms with Gasteiger partial charge < -0.3 is 9.71 Å². The third kappa shape index (κ3) is 3.81. The van der Waals surface area contributed by atoms with Gasteiger partial charge in [0.15, 0.2) is 0 Å². The fourth-order valence-electron chi connectivity index (χ4n) is 11.8. The SMILES string of the molecule is Cc1cc2c3c(c1)N1c4c(cc(C(C)(C)C)cc4C4(C)CCCCC14C)B3N(c1ccc3c(c1)C(C)(C)c1ccccc1-3)c1c-2ccc2ccccc12. The van der Waals surface area contributed by atoms with Gasteiger partial charge in [0.05, 0.1) is 5.54 Å². The molecule has 1 fully saturated rings. The van der Waals surface area contributed by atoms with E-state index in [9.17, 15) is 0 Å². The summed E-state index contributed by atoms with van der Waals surface area (Å²) in [5, 5.41) is 2.61. The highest BCUT2D eigenvalue weighted by Gasteiger charge is 2.62. The van der Waals surface area contributed by atoms with E-state index < -0.39 is 0 Å². The minimum absolute atomic E-state index is 0.00321. The zero-order valence-electron chi connectivity index (χ0n) is 32.6. The van der Waals surface area contributed by atoms with Gasteiger partial charge in [0, 0.05) is 44.5 Å². The van der Waals surface area contributed by atoms with Gasteiger partial charge in [0.1, 0.15) is 0 Å². The van der Waals surface area contributed by atoms with Crippen molar-refractivity contribution in [2.24, 2.45) is 0 Å². The van der Waals surface area contributed by atoms with Gasteiger partial charge >= 0.3 is 6.85 Å². The van der Waals surface area contributed by atoms with Crippen LogP contribution in [0.15, 0.2) is 103 Å². The summed E-state index contributed by atoms with van der Waals surface area (Å²) in [7, 11) is 0. The number of hydrogen-bond donors (Lipinski definition) is 0. The third-order valence-corrected chi connectivity index (χ3v) is 14.7. The molecular weight excluding hydrogens is 639 g/mol. The van der Waals surface area contributed by atoms with Crippen LogP contribution in [0.5, 0.6) is 0 Å². The summed E-state index contributed by atoms with van der Waals surface area (Å²) in [6, 6.07) is 40.6. The maximum Gasteiger partial charge on any atom is 0.333 e. The van der Waals surface area contributed by atoms with Crippen molar-refractivity contribution in [1.82, 2.24) is 0 Å². The molecule has 3 aliphatic heterocycles. The lowest BCUT2D eigenvalue weighted by atomic mass is 9.43. The number of rotatable bonds is 1. The highest BCUT2D eigenvalue weighted by atomic mass is 15.3. The van der Waals surface area contributed by atoms with Crippen molar-refractivity contribution in [3.8, 4) is 22.3 Å². The van der Waals surface area contributed by atoms with Crippen LogP contribution in [-0.2, 0) is 16.2 Å². The summed E-state index contributed by atoms with van der Waals surface area (Å²) < 4.78 is 0. The molecule has 3 heteroatoms. The van der Waals surface area contributed by atoms with E-state index >= 15 is 0 Å². The first kappa shape index (κ1) is 31.7. The topological polar surface area (TPSA) is 6.48 Å². The number of hydrogen-bond acceptors (Lipinski definition) is 2. The molecule has 0 aromatic heterocycles. The van der Waals surface area contributed by atoms with E-state index in [4.69, 9.17) is 0 Å². The Morgan fingerprint density at radius 1 is 0.642 bits per heavy atom. The molecule has 6 aromatic carbocycles. The van der Waals surface area contributed by atoms with Crippen LogP contribution in [-0.4, -0.2) is 12.4 Å². The molecule has 2 aliphatic carbocycles. The Morgan fingerprint density at radius 3 is 2.21 bits per heavy atom. The van der Waals surface area contributed by atoms with Crippen LogP contribution in [0.3, 0.4) is 0 Å². The molecule has 0 radical (unpaired) electrons. The predicted octanol–water partition coefficient (Wildman–Crippen LogP) is 11.7. The zero-order valence-corrected chi connectivity index (χ0v) is 32.6. The summed E-state index contributed by atoms with van der Waals surface area (Å²) in [4.78, 5) is 5.66. The van der Waals surface area contributed by atoms with Crippen LogP contribution in [0.2, 0.25) is 0 Å². The molecule has 2 unspecified atom stereocenters. The zero-order chi connectivity index (χ0) is 36.4. The monoisotopic (exact) mass is 688 g/mol. The fraction of sp³-hybridized carbons (Fsp3) is 0.320. The smallest absolute Gasteiger partial charge is 0.333 e. The molecule has 1 saturated carbocycles. The lowest BCUT2D eigenvalue weighted by Crippen LogP contribution is -2.64. The minimum Gasteiger partial charge on any atom is -0.376 e. The van der Waals surface area contributed by atoms with Crippen LogP contribution < -0.4 is 20.6 Å². The van der Waals surface area contributed by atoms with Crippen LogP contribution in [0.1, 0.15) is 102 Å². The molecule has 6 aromatic rings. The van der Waals surface area contributed by atoms with Gasteiger partial charge in [-0.3, -0.25) is 0 Å². The Hall–Kier alpha value is -4.76. The predicted molar refractivity (Wildman–Crippen MR) is 227 cm³/mol. The Labute approximate surface area is 316 Å². The highest BCUT2D eigenvalue weighted by Crippen LogP contribution is 2.63. The summed E-state index contributed by atoms with van der Waals surface area (Å²) >= 11 is 0. The normalized spacial score (nSPS) is 22.6. The van der Waals surface area contributed by atoms with E-state index in [2.05, 4.69) is 168 Å². The number of nitrogens with zero attached hydrogens (tertiary/aromatic N) is 2. The van der Waals surface area contributed by atoms with Crippen LogP contribution in [0.4, 0.5) is 22.7 Å². The van der Waals surface area contributed by atoms with Crippen molar-refractivity contribution in [2.75, 3.05) is 9.71 Å². The first-order valence-electron chi connectivity index (χ1n) is 20.0. The number of fused-ring (bicyclic) bond motifs is 12. The lowest BCUT2D eigenvalue weighted by molar-refractivity contribution is 0.195. The number of benzene rings is 6. The molecule has 3 heterocycles. The Morgan fingerprint density at radius 2 is 1.38 bits per heavy atom. The van der Waals surface area contributed by atoms with Crippen molar-refractivity contribution in [3.05, 3.63) is 131 Å². The van der Waals surface area contributed by atoms with Crippen molar-refractivity contribution in [1.29, 1.82) is 0 Å². The fourth-order valence-corrected chi connectivity index (χ4v) is 11.8. The molecule has 0 N–H and O–H groups in total. The van der Waals surface area contributed by atoms with Crippen molar-refractivity contribution in [2.45, 2.75) is 103 Å². The molecule has 2 nitrogen and oxygen atoms in total. The molecule has 0 spiro atoms. The van der Waals surface area contributed by atoms with E-state index in [0.29, 0.717) is 0 Å². The van der Waals surface area contributed by atoms with Gasteiger partial charge in [-0.05, 0) is 111 Å². The van der Waals surface area contributed by atoms with E-state index in [-0.39, 0.29) is 28.6 Å². The molecule has 262 valence electrons. The maximum atomic E-state index is 2.87. The first-order chi connectivity index (χ1) is 25.3. The largest absolute Gasteiger partial charge is 0.376 e. The second kappa shape index (κ2) is 10.1. The van der Waals surface area contributed by atoms with Gasteiger partial charge in [-0.25, -0.2) is 0 Å². The average molecular weight is 689 g/mol. The molecule has 5 aliphatic rings. The Balaban J connectivity index is 1.29. The molecule has 11 rings (SSSR count). The quantitative estimate of drug-likeness (QED) is 0.159. The number of anilines is 4. The number of aryl methyl sites for hydroxylation is 1. The Bertz CT molecular complexity index is 2610. The van der Waals surface area contributed by atoms with Crippen molar-refractivity contribution >= 4 is 51.3 Å². The van der Waals surface area contributed by atoms with Gasteiger partial charge in [-0.15, -0.1) is 0 Å². The molecule has 0 saturated heterocycles. The van der Waals surface area contributed by atoms with E-state index in [1.54, 1.807) is 5.56 Å². The molecule has 53 heavy (non-hydrogen) atoms. The van der Waals surface area contributed by atoms with Gasteiger partial charge in [-0.1, -0.05) is 139 Å². The second-order valence-corrected chi connectivity index (χ2v) is 19.0. The summed E-state index contributed by atoms with van der Waals surface area (Å²) in [6.07, 6.45) is 5.01. The summed E-state index contributed by atoms with van der Waals surface area (Å²) in [5.41, 5.74) is 21.2. The van der Waals surface area contributed by atoms with Gasteiger partial charge in [0.2, 0.25) is 0 Å². The van der Waals surface area contributed by atoms with Gasteiger partial charge in [0.25, 0.3) is 0 Å². The molecular formula is C50H49BN2. The summed E-state index contributed by atoms with van der Waals surface area (Å²) in [5.74, 6) is 0. The van der Waals surface area contributed by atoms with E-state index in [1.165, 1.54) is 115 Å². The van der Waals surface area contributed by atoms with Gasteiger partial charge in [-0.2, -0.15) is 0 Å². The average Bonchev–Trinajstić information content (AvgIpc) is 3.50. The lowest BCUT2D eigenvalue weighted by Gasteiger charge is -2.53. The molecule has 0 amide bonds. The highest BCUT2D eigenvalue weighted by molar-refractivity contribution is 6.94.